The van der Waals surface area contributed by atoms with E-state index in [9.17, 15) is 28.8 Å². The van der Waals surface area contributed by atoms with Crippen LogP contribution >= 0.6 is 0 Å². The lowest BCUT2D eigenvalue weighted by Gasteiger charge is -2.24. The van der Waals surface area contributed by atoms with Crippen LogP contribution in [0.5, 0.6) is 0 Å². The van der Waals surface area contributed by atoms with Crippen LogP contribution in [-0.4, -0.2) is 65.3 Å². The first-order valence-electron chi connectivity index (χ1n) is 10.5. The Morgan fingerprint density at radius 1 is 0.794 bits per heavy atom. The van der Waals surface area contributed by atoms with Crippen LogP contribution in [0.25, 0.3) is 0 Å². The normalized spacial score (nSPS) is 13.1. The van der Waals surface area contributed by atoms with Crippen LogP contribution in [0.1, 0.15) is 31.2 Å². The molecule has 5 amide bonds. The number of hydrogen-bond acceptors (Lipinski definition) is 7. The van der Waals surface area contributed by atoms with Gasteiger partial charge in [-0.05, 0) is 24.8 Å². The van der Waals surface area contributed by atoms with Crippen molar-refractivity contribution in [2.45, 2.75) is 50.2 Å². The van der Waals surface area contributed by atoms with E-state index in [-0.39, 0.29) is 32.1 Å². The maximum atomic E-state index is 12.8. The summed E-state index contributed by atoms with van der Waals surface area (Å²) in [5.41, 5.74) is 17.0. The number of carbonyl (C=O) groups is 6. The highest BCUT2D eigenvalue weighted by atomic mass is 16.4. The van der Waals surface area contributed by atoms with Crippen LogP contribution in [0.2, 0.25) is 0 Å². The van der Waals surface area contributed by atoms with Crippen LogP contribution < -0.4 is 33.2 Å². The third-order valence-electron chi connectivity index (χ3n) is 4.67. The van der Waals surface area contributed by atoms with Crippen molar-refractivity contribution in [3.8, 4) is 0 Å². The van der Waals surface area contributed by atoms with Crippen LogP contribution in [0, 0.1) is 0 Å². The van der Waals surface area contributed by atoms with Crippen molar-refractivity contribution in [1.82, 2.24) is 16.0 Å². The number of primary amides is 2. The Balaban J connectivity index is 2.91. The number of amides is 5. The lowest BCUT2D eigenvalue weighted by molar-refractivity contribution is -0.138. The number of carbonyl (C=O) groups excluding carboxylic acids is 5. The van der Waals surface area contributed by atoms with E-state index >= 15 is 0 Å². The van der Waals surface area contributed by atoms with Crippen molar-refractivity contribution in [2.24, 2.45) is 17.2 Å². The van der Waals surface area contributed by atoms with E-state index < -0.39 is 60.2 Å². The first-order valence-corrected chi connectivity index (χ1v) is 10.5. The summed E-state index contributed by atoms with van der Waals surface area (Å²) in [7, 11) is 0. The monoisotopic (exact) mass is 478 g/mol. The van der Waals surface area contributed by atoms with Gasteiger partial charge in [-0.15, -0.1) is 0 Å². The molecule has 34 heavy (non-hydrogen) atoms. The molecule has 0 radical (unpaired) electrons. The number of carboxylic acids is 1. The number of nitrogens with two attached hydrogens (primary N) is 3. The predicted molar refractivity (Wildman–Crippen MR) is 119 cm³/mol. The summed E-state index contributed by atoms with van der Waals surface area (Å²) < 4.78 is 0. The molecule has 186 valence electrons. The molecule has 0 aromatic heterocycles. The Labute approximate surface area is 195 Å². The standard InChI is InChI=1S/C21H30N6O7/c22-13(10-12-4-2-1-3-5-12)19(32)26-15(7-9-17(24)29)21(34)27-14(6-8-16(23)28)20(33)25-11-18(30)31/h1-5,13-15H,6-11,22H2,(H2,23,28)(H2,24,29)(H,25,33)(H,26,32)(H,27,34)(H,30,31). The fraction of sp³-hybridized carbons (Fsp3) is 0.429. The second-order valence-electron chi connectivity index (χ2n) is 7.54. The molecule has 10 N–H and O–H groups in total. The second kappa shape index (κ2) is 14.2. The molecule has 0 saturated heterocycles. The summed E-state index contributed by atoms with van der Waals surface area (Å²) in [6.45, 7) is -0.710. The van der Waals surface area contributed by atoms with Gasteiger partial charge in [-0.25, -0.2) is 0 Å². The van der Waals surface area contributed by atoms with Crippen molar-refractivity contribution in [2.75, 3.05) is 6.54 Å². The minimum absolute atomic E-state index is 0.176. The van der Waals surface area contributed by atoms with E-state index in [0.717, 1.165) is 5.56 Å². The van der Waals surface area contributed by atoms with Gasteiger partial charge >= 0.3 is 5.97 Å². The fourth-order valence-electron chi connectivity index (χ4n) is 2.91. The van der Waals surface area contributed by atoms with E-state index in [2.05, 4.69) is 16.0 Å². The topological polar surface area (TPSA) is 237 Å². The zero-order valence-electron chi connectivity index (χ0n) is 18.5. The Hall–Kier alpha value is -4.00. The molecule has 0 heterocycles. The summed E-state index contributed by atoms with van der Waals surface area (Å²) >= 11 is 0. The van der Waals surface area contributed by atoms with Crippen LogP contribution in [-0.2, 0) is 35.2 Å². The third kappa shape index (κ3) is 11.0. The van der Waals surface area contributed by atoms with Gasteiger partial charge in [-0.2, -0.15) is 0 Å². The minimum Gasteiger partial charge on any atom is -0.480 e. The number of benzene rings is 1. The lowest BCUT2D eigenvalue weighted by atomic mass is 10.0. The Bertz CT molecular complexity index is 893. The van der Waals surface area contributed by atoms with Crippen molar-refractivity contribution in [3.63, 3.8) is 0 Å². The van der Waals surface area contributed by atoms with Crippen LogP contribution in [0.4, 0.5) is 0 Å². The highest BCUT2D eigenvalue weighted by molar-refractivity contribution is 5.94. The number of aliphatic carboxylic acids is 1. The first kappa shape index (κ1) is 28.0. The molecule has 0 aliphatic carbocycles. The Morgan fingerprint density at radius 3 is 1.79 bits per heavy atom. The maximum absolute atomic E-state index is 12.8. The quantitative estimate of drug-likeness (QED) is 0.139. The number of rotatable bonds is 15. The molecule has 0 aliphatic rings. The zero-order chi connectivity index (χ0) is 25.7. The van der Waals surface area contributed by atoms with Crippen molar-refractivity contribution < 1.29 is 33.9 Å². The molecule has 0 aliphatic heterocycles. The largest absolute Gasteiger partial charge is 0.480 e. The number of hydrogen-bond donors (Lipinski definition) is 7. The van der Waals surface area contributed by atoms with E-state index in [1.165, 1.54) is 0 Å². The van der Waals surface area contributed by atoms with E-state index in [1.54, 1.807) is 30.3 Å². The summed E-state index contributed by atoms with van der Waals surface area (Å²) in [4.78, 5) is 70.8. The molecule has 3 unspecified atom stereocenters. The molecule has 13 nitrogen and oxygen atoms in total. The van der Waals surface area contributed by atoms with Gasteiger partial charge in [0.15, 0.2) is 0 Å². The van der Waals surface area contributed by atoms with Gasteiger partial charge in [0.05, 0.1) is 6.04 Å². The highest BCUT2D eigenvalue weighted by Gasteiger charge is 2.28. The summed E-state index contributed by atoms with van der Waals surface area (Å²) in [5.74, 6) is -5.15. The number of nitrogens with one attached hydrogen (secondary N) is 3. The van der Waals surface area contributed by atoms with Gasteiger partial charge in [0, 0.05) is 12.8 Å². The second-order valence-corrected chi connectivity index (χ2v) is 7.54. The van der Waals surface area contributed by atoms with Gasteiger partial charge in [0.1, 0.15) is 18.6 Å². The van der Waals surface area contributed by atoms with Gasteiger partial charge in [-0.1, -0.05) is 30.3 Å². The minimum atomic E-state index is -1.31. The van der Waals surface area contributed by atoms with E-state index in [0.29, 0.717) is 0 Å². The van der Waals surface area contributed by atoms with Gasteiger partial charge in [0.25, 0.3) is 0 Å². The van der Waals surface area contributed by atoms with E-state index in [1.807, 2.05) is 0 Å². The molecule has 0 spiro atoms. The molecule has 3 atom stereocenters. The average Bonchev–Trinajstić information content (AvgIpc) is 2.77. The lowest BCUT2D eigenvalue weighted by Crippen LogP contribution is -2.56. The van der Waals surface area contributed by atoms with Crippen molar-refractivity contribution in [3.05, 3.63) is 35.9 Å². The third-order valence-corrected chi connectivity index (χ3v) is 4.67. The van der Waals surface area contributed by atoms with Crippen LogP contribution in [0.15, 0.2) is 30.3 Å². The molecule has 1 rings (SSSR count). The SMILES string of the molecule is NC(=O)CCC(NC(=O)C(N)Cc1ccccc1)C(=O)NC(CCC(N)=O)C(=O)NCC(=O)O. The molecule has 0 fully saturated rings. The zero-order valence-corrected chi connectivity index (χ0v) is 18.5. The smallest absolute Gasteiger partial charge is 0.322 e. The maximum Gasteiger partial charge on any atom is 0.322 e. The molecule has 1 aromatic rings. The molecule has 0 bridgehead atoms. The summed E-state index contributed by atoms with van der Waals surface area (Å²) in [6, 6.07) is 5.34. The van der Waals surface area contributed by atoms with Gasteiger partial charge in [-0.3, -0.25) is 28.8 Å². The molecule has 13 heteroatoms. The predicted octanol–water partition coefficient (Wildman–Crippen LogP) is -2.74. The molecular weight excluding hydrogens is 448 g/mol. The van der Waals surface area contributed by atoms with Crippen molar-refractivity contribution >= 4 is 35.5 Å². The Kier molecular flexibility index (Phi) is 11.7. The fourth-order valence-corrected chi connectivity index (χ4v) is 2.91. The Morgan fingerprint density at radius 2 is 1.29 bits per heavy atom. The first-order chi connectivity index (χ1) is 16.0. The molecular formula is C21H30N6O7. The highest BCUT2D eigenvalue weighted by Crippen LogP contribution is 2.05. The van der Waals surface area contributed by atoms with E-state index in [4.69, 9.17) is 22.3 Å². The van der Waals surface area contributed by atoms with Crippen LogP contribution in [0.3, 0.4) is 0 Å². The van der Waals surface area contributed by atoms with Gasteiger partial charge in [0.2, 0.25) is 29.5 Å². The van der Waals surface area contributed by atoms with Crippen molar-refractivity contribution in [1.29, 1.82) is 0 Å². The average molecular weight is 479 g/mol. The molecule has 0 saturated carbocycles. The summed E-state index contributed by atoms with van der Waals surface area (Å²) in [5, 5.41) is 15.6. The number of carboxylic acid groups (broad SMARTS) is 1. The summed E-state index contributed by atoms with van der Waals surface area (Å²) in [6.07, 6.45) is -0.717. The molecule has 1 aromatic carbocycles. The van der Waals surface area contributed by atoms with Gasteiger partial charge < -0.3 is 38.3 Å².